The van der Waals surface area contributed by atoms with Gasteiger partial charge in [-0.05, 0) is 61.7 Å². The summed E-state index contributed by atoms with van der Waals surface area (Å²) in [6.07, 6.45) is 0. The fraction of sp³-hybridized carbons (Fsp3) is 0.167. The van der Waals surface area contributed by atoms with Crippen LogP contribution in [-0.4, -0.2) is 17.5 Å². The standard InChI is InChI=1S/C24H22N2O3/c1-15-11-12-18(24-26-19-9-4-5-10-21(19)29-24)13-20(15)25-22(27)14-28-23-16(2)7-6-8-17(23)3/h4-13H,14H2,1-3H3,(H,25,27). The number of amides is 1. The zero-order valence-electron chi connectivity index (χ0n) is 16.7. The van der Waals surface area contributed by atoms with Crippen LogP contribution in [0.4, 0.5) is 5.69 Å². The average Bonchev–Trinajstić information content (AvgIpc) is 3.13. The Hall–Kier alpha value is -3.60. The van der Waals surface area contributed by atoms with Crippen molar-refractivity contribution >= 4 is 22.7 Å². The lowest BCUT2D eigenvalue weighted by molar-refractivity contribution is -0.118. The number of para-hydroxylation sites is 3. The Morgan fingerprint density at radius 3 is 2.48 bits per heavy atom. The molecule has 4 rings (SSSR count). The molecule has 1 N–H and O–H groups in total. The van der Waals surface area contributed by atoms with Crippen LogP contribution in [0.1, 0.15) is 16.7 Å². The van der Waals surface area contributed by atoms with Gasteiger partial charge in [0.1, 0.15) is 11.3 Å². The number of nitrogens with zero attached hydrogens (tertiary/aromatic N) is 1. The molecule has 0 spiro atoms. The number of fused-ring (bicyclic) bond motifs is 1. The summed E-state index contributed by atoms with van der Waals surface area (Å²) in [6.45, 7) is 5.82. The molecule has 3 aromatic carbocycles. The van der Waals surface area contributed by atoms with Crippen LogP contribution in [0.15, 0.2) is 65.1 Å². The van der Waals surface area contributed by atoms with Crippen LogP contribution >= 0.6 is 0 Å². The van der Waals surface area contributed by atoms with Gasteiger partial charge in [0.15, 0.2) is 12.2 Å². The quantitative estimate of drug-likeness (QED) is 0.496. The van der Waals surface area contributed by atoms with Gasteiger partial charge in [-0.1, -0.05) is 36.4 Å². The number of hydrogen-bond acceptors (Lipinski definition) is 4. The first-order valence-corrected chi connectivity index (χ1v) is 9.47. The fourth-order valence-electron chi connectivity index (χ4n) is 3.24. The van der Waals surface area contributed by atoms with Crippen molar-refractivity contribution in [1.82, 2.24) is 4.98 Å². The van der Waals surface area contributed by atoms with Crippen molar-refractivity contribution in [2.45, 2.75) is 20.8 Å². The molecule has 0 saturated carbocycles. The molecule has 0 fully saturated rings. The number of aromatic nitrogens is 1. The van der Waals surface area contributed by atoms with Crippen LogP contribution in [0, 0.1) is 20.8 Å². The lowest BCUT2D eigenvalue weighted by atomic mass is 10.1. The first kappa shape index (κ1) is 18.7. The van der Waals surface area contributed by atoms with E-state index in [0.29, 0.717) is 11.6 Å². The summed E-state index contributed by atoms with van der Waals surface area (Å²) in [7, 11) is 0. The number of benzene rings is 3. The summed E-state index contributed by atoms with van der Waals surface area (Å²) in [5.41, 5.74) is 6.01. The predicted molar refractivity (Wildman–Crippen MR) is 114 cm³/mol. The van der Waals surface area contributed by atoms with Crippen LogP contribution in [0.25, 0.3) is 22.6 Å². The number of ether oxygens (including phenoxy) is 1. The molecule has 1 heterocycles. The van der Waals surface area contributed by atoms with Gasteiger partial charge in [-0.25, -0.2) is 4.98 Å². The zero-order valence-corrected chi connectivity index (χ0v) is 16.7. The molecule has 5 nitrogen and oxygen atoms in total. The third-order valence-electron chi connectivity index (χ3n) is 4.81. The van der Waals surface area contributed by atoms with Crippen LogP contribution in [0.2, 0.25) is 0 Å². The maximum absolute atomic E-state index is 12.5. The van der Waals surface area contributed by atoms with Crippen molar-refractivity contribution in [2.24, 2.45) is 0 Å². The number of carbonyl (C=O) groups excluding carboxylic acids is 1. The summed E-state index contributed by atoms with van der Waals surface area (Å²) < 4.78 is 11.6. The Balaban J connectivity index is 1.51. The summed E-state index contributed by atoms with van der Waals surface area (Å²) >= 11 is 0. The van der Waals surface area contributed by atoms with Crippen LogP contribution < -0.4 is 10.1 Å². The summed E-state index contributed by atoms with van der Waals surface area (Å²) in [4.78, 5) is 17.0. The third kappa shape index (κ3) is 3.99. The lowest BCUT2D eigenvalue weighted by Crippen LogP contribution is -2.21. The van der Waals surface area contributed by atoms with Gasteiger partial charge < -0.3 is 14.5 Å². The van der Waals surface area contributed by atoms with Crippen molar-refractivity contribution in [3.8, 4) is 17.2 Å². The molecule has 29 heavy (non-hydrogen) atoms. The second kappa shape index (κ2) is 7.80. The van der Waals surface area contributed by atoms with Crippen LogP contribution in [-0.2, 0) is 4.79 Å². The maximum atomic E-state index is 12.5. The van der Waals surface area contributed by atoms with Crippen molar-refractivity contribution in [3.05, 3.63) is 77.4 Å². The fourth-order valence-corrected chi connectivity index (χ4v) is 3.24. The van der Waals surface area contributed by atoms with E-state index < -0.39 is 0 Å². The Bertz CT molecular complexity index is 1140. The van der Waals surface area contributed by atoms with Gasteiger partial charge in [0.05, 0.1) is 0 Å². The van der Waals surface area contributed by atoms with Crippen molar-refractivity contribution in [3.63, 3.8) is 0 Å². The third-order valence-corrected chi connectivity index (χ3v) is 4.81. The normalized spacial score (nSPS) is 10.9. The molecule has 0 radical (unpaired) electrons. The second-order valence-electron chi connectivity index (χ2n) is 7.07. The number of aryl methyl sites for hydroxylation is 3. The molecule has 4 aromatic rings. The minimum absolute atomic E-state index is 0.0573. The molecule has 1 aromatic heterocycles. The zero-order chi connectivity index (χ0) is 20.4. The first-order chi connectivity index (χ1) is 14.0. The molecule has 5 heteroatoms. The Morgan fingerprint density at radius 2 is 1.72 bits per heavy atom. The Kier molecular flexibility index (Phi) is 5.04. The smallest absolute Gasteiger partial charge is 0.262 e. The average molecular weight is 386 g/mol. The molecule has 0 aliphatic rings. The summed E-state index contributed by atoms with van der Waals surface area (Å²) in [5.74, 6) is 1.05. The van der Waals surface area contributed by atoms with E-state index in [1.165, 1.54) is 0 Å². The minimum Gasteiger partial charge on any atom is -0.483 e. The van der Waals surface area contributed by atoms with Gasteiger partial charge in [0.2, 0.25) is 5.89 Å². The number of anilines is 1. The predicted octanol–water partition coefficient (Wildman–Crippen LogP) is 5.44. The van der Waals surface area contributed by atoms with Gasteiger partial charge >= 0.3 is 0 Å². The minimum atomic E-state index is -0.217. The monoisotopic (exact) mass is 386 g/mol. The highest BCUT2D eigenvalue weighted by atomic mass is 16.5. The number of carbonyl (C=O) groups is 1. The number of nitrogens with one attached hydrogen (secondary N) is 1. The number of rotatable bonds is 5. The summed E-state index contributed by atoms with van der Waals surface area (Å²) in [6, 6.07) is 19.3. The van der Waals surface area contributed by atoms with Gasteiger partial charge in [0.25, 0.3) is 5.91 Å². The molecule has 0 aliphatic carbocycles. The van der Waals surface area contributed by atoms with Crippen molar-refractivity contribution in [1.29, 1.82) is 0 Å². The van der Waals surface area contributed by atoms with E-state index >= 15 is 0 Å². The largest absolute Gasteiger partial charge is 0.483 e. The van der Waals surface area contributed by atoms with E-state index in [1.807, 2.05) is 81.4 Å². The lowest BCUT2D eigenvalue weighted by Gasteiger charge is -2.13. The topological polar surface area (TPSA) is 64.4 Å². The molecule has 146 valence electrons. The first-order valence-electron chi connectivity index (χ1n) is 9.47. The second-order valence-corrected chi connectivity index (χ2v) is 7.07. The number of hydrogen-bond donors (Lipinski definition) is 1. The summed E-state index contributed by atoms with van der Waals surface area (Å²) in [5, 5.41) is 2.93. The van der Waals surface area contributed by atoms with Crippen molar-refractivity contribution in [2.75, 3.05) is 11.9 Å². The molecule has 1 amide bonds. The highest BCUT2D eigenvalue weighted by molar-refractivity contribution is 5.93. The molecule has 0 atom stereocenters. The van der Waals surface area contributed by atoms with Gasteiger partial charge in [-0.2, -0.15) is 0 Å². The molecule has 0 aliphatic heterocycles. The molecular weight excluding hydrogens is 364 g/mol. The molecular formula is C24H22N2O3. The SMILES string of the molecule is Cc1ccc(-c2nc3ccccc3o2)cc1NC(=O)COc1c(C)cccc1C. The van der Waals surface area contributed by atoms with E-state index in [2.05, 4.69) is 10.3 Å². The van der Waals surface area contributed by atoms with Gasteiger partial charge in [-0.3, -0.25) is 4.79 Å². The Morgan fingerprint density at radius 1 is 0.966 bits per heavy atom. The maximum Gasteiger partial charge on any atom is 0.262 e. The van der Waals surface area contributed by atoms with E-state index in [9.17, 15) is 4.79 Å². The van der Waals surface area contributed by atoms with Crippen molar-refractivity contribution < 1.29 is 13.9 Å². The van der Waals surface area contributed by atoms with E-state index in [0.717, 1.165) is 39.1 Å². The van der Waals surface area contributed by atoms with E-state index in [1.54, 1.807) is 0 Å². The van der Waals surface area contributed by atoms with E-state index in [-0.39, 0.29) is 12.5 Å². The van der Waals surface area contributed by atoms with Crippen LogP contribution in [0.3, 0.4) is 0 Å². The van der Waals surface area contributed by atoms with Gasteiger partial charge in [-0.15, -0.1) is 0 Å². The van der Waals surface area contributed by atoms with Crippen LogP contribution in [0.5, 0.6) is 5.75 Å². The van der Waals surface area contributed by atoms with Gasteiger partial charge in [0, 0.05) is 11.3 Å². The highest BCUT2D eigenvalue weighted by Gasteiger charge is 2.12. The molecule has 0 bridgehead atoms. The van der Waals surface area contributed by atoms with E-state index in [4.69, 9.17) is 9.15 Å². The Labute approximate surface area is 169 Å². The number of oxazole rings is 1. The molecule has 0 unspecified atom stereocenters. The highest BCUT2D eigenvalue weighted by Crippen LogP contribution is 2.28. The molecule has 0 saturated heterocycles.